The van der Waals surface area contributed by atoms with E-state index in [9.17, 15) is 8.42 Å². The minimum absolute atomic E-state index is 0. The lowest BCUT2D eigenvalue weighted by atomic mass is 9.82. The molecular weight excluding hydrogens is 472 g/mol. The first-order chi connectivity index (χ1) is 17.0. The molecule has 5 N–H and O–H groups in total. The van der Waals surface area contributed by atoms with E-state index in [4.69, 9.17) is 15.7 Å². The van der Waals surface area contributed by atoms with E-state index in [1.165, 1.54) is 0 Å². The van der Waals surface area contributed by atoms with Crippen LogP contribution in [-0.2, 0) is 10.0 Å². The maximum atomic E-state index is 12.5. The molecule has 1 aliphatic rings. The van der Waals surface area contributed by atoms with Gasteiger partial charge in [-0.1, -0.05) is 37.8 Å². The minimum atomic E-state index is -3.44. The molecule has 1 fully saturated rings. The van der Waals surface area contributed by atoms with E-state index in [0.29, 0.717) is 35.8 Å². The van der Waals surface area contributed by atoms with Crippen molar-refractivity contribution < 1.29 is 8.42 Å². The molecule has 2 aromatic carbocycles. The Bertz CT molecular complexity index is 1180. The molecule has 0 radical (unpaired) electrons. The first kappa shape index (κ1) is 27.8. The number of hydrogen-bond donors (Lipinski definition) is 4. The summed E-state index contributed by atoms with van der Waals surface area (Å²) in [6, 6.07) is 16.6. The highest BCUT2D eigenvalue weighted by Crippen LogP contribution is 2.29. The van der Waals surface area contributed by atoms with Crippen LogP contribution in [0.3, 0.4) is 0 Å². The van der Waals surface area contributed by atoms with Crippen LogP contribution in [0.5, 0.6) is 0 Å². The second-order valence-electron chi connectivity index (χ2n) is 9.27. The maximum Gasteiger partial charge on any atom is 0.240 e. The van der Waals surface area contributed by atoms with Gasteiger partial charge in [-0.15, -0.1) is 0 Å². The number of nitrogens with one attached hydrogen (secondary N) is 3. The molecule has 36 heavy (non-hydrogen) atoms. The number of para-hydroxylation sites is 1. The van der Waals surface area contributed by atoms with Crippen molar-refractivity contribution >= 4 is 32.7 Å². The summed E-state index contributed by atoms with van der Waals surface area (Å²) in [5.41, 5.74) is 6.53. The Morgan fingerprint density at radius 3 is 2.22 bits per heavy atom. The molecule has 4 rings (SSSR count). The van der Waals surface area contributed by atoms with Crippen molar-refractivity contribution in [1.29, 1.82) is 0 Å². The Morgan fingerprint density at radius 1 is 0.833 bits per heavy atom. The predicted molar refractivity (Wildman–Crippen MR) is 149 cm³/mol. The average Bonchev–Trinajstić information content (AvgIpc) is 2.90. The lowest BCUT2D eigenvalue weighted by molar-refractivity contribution is 0.284. The Morgan fingerprint density at radius 2 is 1.50 bits per heavy atom. The third kappa shape index (κ3) is 7.62. The highest BCUT2D eigenvalue weighted by atomic mass is 32.2. The zero-order valence-electron chi connectivity index (χ0n) is 20.1. The topological polar surface area (TPSA) is 122 Å². The fourth-order valence-electron chi connectivity index (χ4n) is 4.55. The minimum Gasteiger partial charge on any atom is -0.369 e. The number of aromatic nitrogens is 2. The van der Waals surface area contributed by atoms with Crippen molar-refractivity contribution in [3.63, 3.8) is 0 Å². The van der Waals surface area contributed by atoms with Gasteiger partial charge in [0.1, 0.15) is 5.82 Å². The molecule has 1 aromatic heterocycles. The van der Waals surface area contributed by atoms with Gasteiger partial charge in [0.25, 0.3) is 0 Å². The Balaban J connectivity index is 0.00000361. The van der Waals surface area contributed by atoms with Crippen molar-refractivity contribution in [1.82, 2.24) is 14.7 Å². The maximum absolute atomic E-state index is 12.5. The van der Waals surface area contributed by atoms with Gasteiger partial charge in [0.05, 0.1) is 10.4 Å². The van der Waals surface area contributed by atoms with E-state index in [1.807, 2.05) is 30.3 Å². The van der Waals surface area contributed by atoms with Gasteiger partial charge in [0.15, 0.2) is 0 Å². The summed E-state index contributed by atoms with van der Waals surface area (Å²) < 4.78 is 27.7. The highest BCUT2D eigenvalue weighted by molar-refractivity contribution is 7.89. The zero-order valence-corrected chi connectivity index (χ0v) is 20.9. The number of anilines is 2. The van der Waals surface area contributed by atoms with Crippen molar-refractivity contribution in [3.05, 3.63) is 54.6 Å². The number of unbranched alkanes of at least 4 members (excludes halogenated alkanes) is 1. The van der Waals surface area contributed by atoms with Gasteiger partial charge in [0.2, 0.25) is 16.0 Å². The summed E-state index contributed by atoms with van der Waals surface area (Å²) >= 11 is 0. The molecule has 1 heterocycles. The van der Waals surface area contributed by atoms with E-state index >= 15 is 0 Å². The quantitative estimate of drug-likeness (QED) is 0.261. The second-order valence-corrected chi connectivity index (χ2v) is 11.0. The molecule has 1 saturated carbocycles. The molecule has 3 aromatic rings. The number of hydrogen-bond acceptors (Lipinski definition) is 7. The summed E-state index contributed by atoms with van der Waals surface area (Å²) in [4.78, 5) is 9.77. The largest absolute Gasteiger partial charge is 0.369 e. The summed E-state index contributed by atoms with van der Waals surface area (Å²) in [6.07, 6.45) is 6.12. The van der Waals surface area contributed by atoms with Gasteiger partial charge in [0, 0.05) is 25.0 Å². The van der Waals surface area contributed by atoms with Crippen molar-refractivity contribution in [2.75, 3.05) is 36.8 Å². The SMILES string of the molecule is C.NCCCCNc1nc(NCC2CCC(CNS(=O)(=O)c3ccccc3)CC2)nc2ccccc12. The number of rotatable bonds is 12. The van der Waals surface area contributed by atoms with Crippen LogP contribution in [0.1, 0.15) is 46.0 Å². The van der Waals surface area contributed by atoms with E-state index in [0.717, 1.165) is 68.3 Å². The van der Waals surface area contributed by atoms with Gasteiger partial charge in [-0.3, -0.25) is 0 Å². The molecule has 0 unspecified atom stereocenters. The van der Waals surface area contributed by atoms with Gasteiger partial charge in [-0.25, -0.2) is 18.1 Å². The fourth-order valence-corrected chi connectivity index (χ4v) is 5.69. The van der Waals surface area contributed by atoms with E-state index in [1.54, 1.807) is 24.3 Å². The molecule has 0 atom stereocenters. The lowest BCUT2D eigenvalue weighted by Gasteiger charge is -2.28. The second kappa shape index (κ2) is 13.5. The molecule has 1 aliphatic carbocycles. The summed E-state index contributed by atoms with van der Waals surface area (Å²) in [5.74, 6) is 2.38. The average molecular weight is 513 g/mol. The van der Waals surface area contributed by atoms with Crippen molar-refractivity contribution in [2.45, 2.75) is 50.8 Å². The predicted octanol–water partition coefficient (Wildman–Crippen LogP) is 4.61. The normalized spacial score (nSPS) is 17.9. The molecule has 9 heteroatoms. The first-order valence-corrected chi connectivity index (χ1v) is 14.0. The molecule has 0 aliphatic heterocycles. The lowest BCUT2D eigenvalue weighted by Crippen LogP contribution is -2.32. The molecule has 0 spiro atoms. The van der Waals surface area contributed by atoms with Crippen LogP contribution >= 0.6 is 0 Å². The van der Waals surface area contributed by atoms with E-state index in [-0.39, 0.29) is 7.43 Å². The molecule has 0 amide bonds. The number of fused-ring (bicyclic) bond motifs is 1. The Labute approximate surface area is 215 Å². The van der Waals surface area contributed by atoms with Gasteiger partial charge in [-0.2, -0.15) is 4.98 Å². The number of sulfonamides is 1. The van der Waals surface area contributed by atoms with Crippen LogP contribution in [0.2, 0.25) is 0 Å². The fraction of sp³-hybridized carbons (Fsp3) is 0.481. The third-order valence-electron chi connectivity index (χ3n) is 6.66. The van der Waals surface area contributed by atoms with Gasteiger partial charge in [-0.05, 0) is 81.2 Å². The number of nitrogens with zero attached hydrogens (tertiary/aromatic N) is 2. The van der Waals surface area contributed by atoms with Crippen LogP contribution in [0, 0.1) is 11.8 Å². The van der Waals surface area contributed by atoms with E-state index < -0.39 is 10.0 Å². The van der Waals surface area contributed by atoms with Crippen LogP contribution in [-0.4, -0.2) is 44.6 Å². The summed E-state index contributed by atoms with van der Waals surface area (Å²) in [6.45, 7) is 2.83. The molecular formula is C27H40N6O2S. The smallest absolute Gasteiger partial charge is 0.240 e. The van der Waals surface area contributed by atoms with Crippen molar-refractivity contribution in [2.24, 2.45) is 17.6 Å². The first-order valence-electron chi connectivity index (χ1n) is 12.5. The molecule has 8 nitrogen and oxygen atoms in total. The number of nitrogens with two attached hydrogens (primary N) is 1. The molecule has 0 saturated heterocycles. The molecule has 196 valence electrons. The standard InChI is InChI=1S/C26H36N6O2S.CH4/c27-16-6-7-17-28-25-23-10-4-5-11-24(23)31-26(32-25)29-18-20-12-14-21(15-13-20)19-30-35(33,34)22-8-2-1-3-9-22;/h1-5,8-11,20-21,30H,6-7,12-19,27H2,(H2,28,29,31,32);1H4. The molecule has 0 bridgehead atoms. The third-order valence-corrected chi connectivity index (χ3v) is 8.10. The zero-order chi connectivity index (χ0) is 24.5. The van der Waals surface area contributed by atoms with Crippen molar-refractivity contribution in [3.8, 4) is 0 Å². The Kier molecular flexibility index (Phi) is 10.5. The van der Waals surface area contributed by atoms with Crippen LogP contribution < -0.4 is 21.1 Å². The summed E-state index contributed by atoms with van der Waals surface area (Å²) in [5, 5.41) is 7.91. The van der Waals surface area contributed by atoms with Crippen LogP contribution in [0.25, 0.3) is 10.9 Å². The Hall–Kier alpha value is -2.75. The monoisotopic (exact) mass is 512 g/mol. The number of benzene rings is 2. The highest BCUT2D eigenvalue weighted by Gasteiger charge is 2.23. The summed E-state index contributed by atoms with van der Waals surface area (Å²) in [7, 11) is -3.44. The van der Waals surface area contributed by atoms with Gasteiger partial charge < -0.3 is 16.4 Å². The van der Waals surface area contributed by atoms with Crippen LogP contribution in [0.15, 0.2) is 59.5 Å². The van der Waals surface area contributed by atoms with Crippen LogP contribution in [0.4, 0.5) is 11.8 Å². The van der Waals surface area contributed by atoms with E-state index in [2.05, 4.69) is 15.4 Å². The van der Waals surface area contributed by atoms with Gasteiger partial charge >= 0.3 is 0 Å².